The summed E-state index contributed by atoms with van der Waals surface area (Å²) in [7, 11) is 0. The van der Waals surface area contributed by atoms with E-state index in [4.69, 9.17) is 23.7 Å². The lowest BCUT2D eigenvalue weighted by Crippen LogP contribution is -2.41. The molecule has 0 radical (unpaired) electrons. The maximum Gasteiger partial charge on any atom is 0.308 e. The lowest BCUT2D eigenvalue weighted by molar-refractivity contribution is -0.146. The second-order valence-corrected chi connectivity index (χ2v) is 12.5. The van der Waals surface area contributed by atoms with Gasteiger partial charge in [0.15, 0.2) is 0 Å². The third-order valence-electron chi connectivity index (χ3n) is 6.84. The highest BCUT2D eigenvalue weighted by atomic mass is 16.5. The van der Waals surface area contributed by atoms with Gasteiger partial charge in [0, 0.05) is 12.8 Å². The highest BCUT2D eigenvalue weighted by molar-refractivity contribution is 5.76. The molecule has 0 atom stereocenters. The van der Waals surface area contributed by atoms with E-state index in [2.05, 4.69) is 5.32 Å². The molecular weight excluding hydrogens is 590 g/mol. The molecule has 0 bridgehead atoms. The molecule has 0 aliphatic carbocycles. The maximum atomic E-state index is 12.6. The summed E-state index contributed by atoms with van der Waals surface area (Å²) in [6.45, 7) is 9.70. The molecule has 262 valence electrons. The van der Waals surface area contributed by atoms with Gasteiger partial charge in [0.1, 0.15) is 6.61 Å². The summed E-state index contributed by atoms with van der Waals surface area (Å²) in [5.74, 6) is -0.322. The molecule has 0 aliphatic rings. The maximum absolute atomic E-state index is 12.6. The standard InChI is InChI=1S/C36H59NO9/c1-29(2)24-44-35(40)20-22-42-27-32(28-43-23-21-36(41)45-25-30(3)4)37-33(38)18-14-9-7-5-6-8-10-15-19-34(39)46-26-31-16-12-11-13-17-31/h11-13,16-17,29-30,32H,5-10,14-15,18-28H2,1-4H3,(H,37,38). The molecule has 0 fully saturated rings. The molecule has 1 aromatic rings. The van der Waals surface area contributed by atoms with Crippen molar-refractivity contribution in [1.29, 1.82) is 0 Å². The van der Waals surface area contributed by atoms with Crippen LogP contribution in [0.1, 0.15) is 110 Å². The summed E-state index contributed by atoms with van der Waals surface area (Å²) >= 11 is 0. The number of esters is 3. The topological polar surface area (TPSA) is 126 Å². The molecule has 1 aromatic carbocycles. The molecule has 46 heavy (non-hydrogen) atoms. The molecular formula is C36H59NO9. The van der Waals surface area contributed by atoms with E-state index in [-0.39, 0.29) is 74.9 Å². The zero-order valence-electron chi connectivity index (χ0n) is 28.7. The summed E-state index contributed by atoms with van der Waals surface area (Å²) in [5, 5.41) is 2.97. The predicted octanol–water partition coefficient (Wildman–Crippen LogP) is 6.33. The van der Waals surface area contributed by atoms with Gasteiger partial charge in [0.2, 0.25) is 5.91 Å². The van der Waals surface area contributed by atoms with Gasteiger partial charge in [0.25, 0.3) is 0 Å². The van der Waals surface area contributed by atoms with Crippen LogP contribution in [0.2, 0.25) is 0 Å². The Bertz CT molecular complexity index is 920. The van der Waals surface area contributed by atoms with Crippen LogP contribution in [0.25, 0.3) is 0 Å². The second kappa shape index (κ2) is 27.2. The van der Waals surface area contributed by atoms with Crippen molar-refractivity contribution in [2.45, 2.75) is 117 Å². The number of amides is 1. The number of ether oxygens (including phenoxy) is 5. The number of carbonyl (C=O) groups is 4. The van der Waals surface area contributed by atoms with Crippen molar-refractivity contribution in [3.05, 3.63) is 35.9 Å². The molecule has 0 aromatic heterocycles. The molecule has 0 aliphatic heterocycles. The molecule has 0 heterocycles. The molecule has 0 saturated heterocycles. The van der Waals surface area contributed by atoms with Crippen molar-refractivity contribution < 1.29 is 42.9 Å². The first-order valence-corrected chi connectivity index (χ1v) is 17.1. The van der Waals surface area contributed by atoms with Gasteiger partial charge >= 0.3 is 17.9 Å². The summed E-state index contributed by atoms with van der Waals surface area (Å²) < 4.78 is 26.9. The van der Waals surface area contributed by atoms with Crippen LogP contribution in [0.15, 0.2) is 30.3 Å². The Morgan fingerprint density at radius 3 is 1.52 bits per heavy atom. The fourth-order valence-electron chi connectivity index (χ4n) is 4.28. The summed E-state index contributed by atoms with van der Waals surface area (Å²) in [6.07, 6.45) is 9.08. The summed E-state index contributed by atoms with van der Waals surface area (Å²) in [4.78, 5) is 48.2. The van der Waals surface area contributed by atoms with E-state index in [0.29, 0.717) is 32.7 Å². The molecule has 0 unspecified atom stereocenters. The fraction of sp³-hybridized carbons (Fsp3) is 0.722. The Morgan fingerprint density at radius 2 is 1.02 bits per heavy atom. The Kier molecular flexibility index (Phi) is 24.2. The number of unbranched alkanes of at least 4 members (excludes halogenated alkanes) is 7. The van der Waals surface area contributed by atoms with Crippen LogP contribution < -0.4 is 5.32 Å². The van der Waals surface area contributed by atoms with Gasteiger partial charge in [-0.1, -0.05) is 96.6 Å². The highest BCUT2D eigenvalue weighted by Gasteiger charge is 2.15. The third-order valence-corrected chi connectivity index (χ3v) is 6.84. The minimum atomic E-state index is -0.401. The van der Waals surface area contributed by atoms with E-state index in [1.807, 2.05) is 58.0 Å². The van der Waals surface area contributed by atoms with Crippen LogP contribution in [0.5, 0.6) is 0 Å². The molecule has 0 spiro atoms. The minimum Gasteiger partial charge on any atom is -0.465 e. The van der Waals surface area contributed by atoms with Crippen LogP contribution in [0, 0.1) is 11.8 Å². The van der Waals surface area contributed by atoms with Crippen molar-refractivity contribution in [3.63, 3.8) is 0 Å². The first-order chi connectivity index (χ1) is 22.2. The molecule has 1 amide bonds. The van der Waals surface area contributed by atoms with Crippen molar-refractivity contribution >= 4 is 23.8 Å². The molecule has 1 N–H and O–H groups in total. The molecule has 0 saturated carbocycles. The number of carbonyl (C=O) groups excluding carboxylic acids is 4. The van der Waals surface area contributed by atoms with Crippen molar-refractivity contribution in [2.75, 3.05) is 39.6 Å². The van der Waals surface area contributed by atoms with E-state index in [1.165, 1.54) is 0 Å². The molecule has 10 heteroatoms. The SMILES string of the molecule is CC(C)COC(=O)CCOCC(COCCC(=O)OCC(C)C)NC(=O)CCCCCCCCCCC(=O)OCc1ccccc1. The van der Waals surface area contributed by atoms with Gasteiger partial charge in [0.05, 0.1) is 58.5 Å². The van der Waals surface area contributed by atoms with E-state index < -0.39 is 6.04 Å². The number of nitrogens with one attached hydrogen (secondary N) is 1. The van der Waals surface area contributed by atoms with Gasteiger partial charge in [-0.3, -0.25) is 19.2 Å². The average Bonchev–Trinajstić information content (AvgIpc) is 3.03. The average molecular weight is 650 g/mol. The van der Waals surface area contributed by atoms with Crippen LogP contribution in [0.3, 0.4) is 0 Å². The Morgan fingerprint density at radius 1 is 0.565 bits per heavy atom. The number of rotatable bonds is 28. The van der Waals surface area contributed by atoms with Crippen LogP contribution in [0.4, 0.5) is 0 Å². The summed E-state index contributed by atoms with van der Waals surface area (Å²) in [5.41, 5.74) is 0.997. The monoisotopic (exact) mass is 649 g/mol. The quantitative estimate of drug-likeness (QED) is 0.0630. The number of hydrogen-bond donors (Lipinski definition) is 1. The van der Waals surface area contributed by atoms with Crippen molar-refractivity contribution in [2.24, 2.45) is 11.8 Å². The molecule has 10 nitrogen and oxygen atoms in total. The predicted molar refractivity (Wildman–Crippen MR) is 177 cm³/mol. The summed E-state index contributed by atoms with van der Waals surface area (Å²) in [6, 6.07) is 9.29. The third kappa shape index (κ3) is 25.2. The van der Waals surface area contributed by atoms with E-state index in [9.17, 15) is 19.2 Å². The zero-order valence-corrected chi connectivity index (χ0v) is 28.7. The van der Waals surface area contributed by atoms with Crippen molar-refractivity contribution in [3.8, 4) is 0 Å². The molecule has 1 rings (SSSR count). The van der Waals surface area contributed by atoms with Gasteiger partial charge < -0.3 is 29.0 Å². The number of hydrogen-bond acceptors (Lipinski definition) is 9. The first-order valence-electron chi connectivity index (χ1n) is 17.1. The van der Waals surface area contributed by atoms with Gasteiger partial charge in [-0.15, -0.1) is 0 Å². The smallest absolute Gasteiger partial charge is 0.308 e. The van der Waals surface area contributed by atoms with Crippen LogP contribution in [-0.4, -0.2) is 69.5 Å². The normalized spacial score (nSPS) is 11.2. The van der Waals surface area contributed by atoms with Gasteiger partial charge in [-0.05, 0) is 30.2 Å². The first kappa shape index (κ1) is 41.0. The van der Waals surface area contributed by atoms with Crippen molar-refractivity contribution in [1.82, 2.24) is 5.32 Å². The Labute approximate surface area is 276 Å². The van der Waals surface area contributed by atoms with Crippen LogP contribution >= 0.6 is 0 Å². The zero-order chi connectivity index (χ0) is 33.8. The number of benzene rings is 1. The largest absolute Gasteiger partial charge is 0.465 e. The highest BCUT2D eigenvalue weighted by Crippen LogP contribution is 2.12. The lowest BCUT2D eigenvalue weighted by Gasteiger charge is -2.19. The lowest BCUT2D eigenvalue weighted by atomic mass is 10.1. The second-order valence-electron chi connectivity index (χ2n) is 12.5. The minimum absolute atomic E-state index is 0.0796. The Hall–Kier alpha value is -2.98. The Balaban J connectivity index is 2.19. The van der Waals surface area contributed by atoms with E-state index in [1.54, 1.807) is 0 Å². The fourth-order valence-corrected chi connectivity index (χ4v) is 4.28. The van der Waals surface area contributed by atoms with Gasteiger partial charge in [-0.2, -0.15) is 0 Å². The van der Waals surface area contributed by atoms with Crippen LogP contribution in [-0.2, 0) is 49.5 Å². The van der Waals surface area contributed by atoms with E-state index in [0.717, 1.165) is 56.9 Å². The van der Waals surface area contributed by atoms with Gasteiger partial charge in [-0.25, -0.2) is 0 Å². The van der Waals surface area contributed by atoms with E-state index >= 15 is 0 Å².